The van der Waals surface area contributed by atoms with Crippen molar-refractivity contribution in [3.8, 4) is 5.75 Å². The van der Waals surface area contributed by atoms with Crippen molar-refractivity contribution in [2.24, 2.45) is 16.7 Å². The number of hydrogen-bond acceptors (Lipinski definition) is 2. The van der Waals surface area contributed by atoms with Gasteiger partial charge in [0.15, 0.2) is 0 Å². The summed E-state index contributed by atoms with van der Waals surface area (Å²) in [6, 6.07) is 4.35. The van der Waals surface area contributed by atoms with Gasteiger partial charge in [-0.25, -0.2) is 0 Å². The third-order valence-corrected chi connectivity index (χ3v) is 6.45. The zero-order chi connectivity index (χ0) is 24.2. The number of hydrogen-bond donors (Lipinski definition) is 2. The molecule has 0 aliphatic heterocycles. The minimum absolute atomic E-state index is 0.0302. The van der Waals surface area contributed by atoms with E-state index in [2.05, 4.69) is 107 Å². The Kier molecular flexibility index (Phi) is 6.72. The van der Waals surface area contributed by atoms with Crippen molar-refractivity contribution in [2.45, 2.75) is 106 Å². The average Bonchev–Trinajstić information content (AvgIpc) is 2.53. The van der Waals surface area contributed by atoms with Crippen LogP contribution in [0.3, 0.4) is 0 Å². The van der Waals surface area contributed by atoms with E-state index in [1.54, 1.807) is 0 Å². The van der Waals surface area contributed by atoms with E-state index in [9.17, 15) is 10.2 Å². The van der Waals surface area contributed by atoms with Crippen LogP contribution in [0.4, 0.5) is 0 Å². The fourth-order valence-electron chi connectivity index (χ4n) is 4.52. The summed E-state index contributed by atoms with van der Waals surface area (Å²) in [6.07, 6.45) is 4.83. The third-order valence-electron chi connectivity index (χ3n) is 6.45. The highest BCUT2D eigenvalue weighted by molar-refractivity contribution is 5.51. The lowest BCUT2D eigenvalue weighted by atomic mass is 9.67. The highest BCUT2D eigenvalue weighted by Gasteiger charge is 2.38. The van der Waals surface area contributed by atoms with E-state index >= 15 is 0 Å². The van der Waals surface area contributed by atoms with E-state index in [1.807, 2.05) is 0 Å². The standard InChI is InChI=1S/C29H46O2/c1-26(2,3)20-14-18(15-21(24(20)30)27(4,5)6)13-19-16-22(28(7,8)9)25(31)23(17-19)29(10,11)12/h14-17,20,24,30-31H,13H2,1-12H3. The largest absolute Gasteiger partial charge is 0.507 e. The molecule has 2 nitrogen and oxygen atoms in total. The third kappa shape index (κ3) is 5.83. The first-order valence-corrected chi connectivity index (χ1v) is 11.7. The first-order valence-electron chi connectivity index (χ1n) is 11.7. The Hall–Kier alpha value is -1.54. The van der Waals surface area contributed by atoms with Gasteiger partial charge in [-0.05, 0) is 55.9 Å². The van der Waals surface area contributed by atoms with Crippen molar-refractivity contribution < 1.29 is 10.2 Å². The number of allylic oxidation sites excluding steroid dienone is 2. The number of aromatic hydroxyl groups is 1. The molecule has 31 heavy (non-hydrogen) atoms. The summed E-state index contributed by atoms with van der Waals surface area (Å²) < 4.78 is 0. The molecule has 2 unspecified atom stereocenters. The van der Waals surface area contributed by atoms with Crippen LogP contribution in [-0.4, -0.2) is 16.3 Å². The summed E-state index contributed by atoms with van der Waals surface area (Å²) in [4.78, 5) is 0. The minimum Gasteiger partial charge on any atom is -0.507 e. The van der Waals surface area contributed by atoms with Gasteiger partial charge in [0.2, 0.25) is 0 Å². The number of phenolic OH excluding ortho intramolecular Hbond substituents is 1. The molecule has 1 aliphatic carbocycles. The molecule has 0 radical (unpaired) electrons. The summed E-state index contributed by atoms with van der Waals surface area (Å²) >= 11 is 0. The Balaban J connectivity index is 2.63. The zero-order valence-corrected chi connectivity index (χ0v) is 22.1. The highest BCUT2D eigenvalue weighted by Crippen LogP contribution is 2.44. The monoisotopic (exact) mass is 426 g/mol. The minimum atomic E-state index is -0.459. The van der Waals surface area contributed by atoms with Crippen molar-refractivity contribution in [2.75, 3.05) is 0 Å². The van der Waals surface area contributed by atoms with Crippen LogP contribution in [0.5, 0.6) is 5.75 Å². The van der Waals surface area contributed by atoms with Crippen LogP contribution in [0.2, 0.25) is 0 Å². The van der Waals surface area contributed by atoms with Crippen molar-refractivity contribution in [1.29, 1.82) is 0 Å². The number of aliphatic hydroxyl groups is 1. The molecule has 0 spiro atoms. The molecule has 0 bridgehead atoms. The second-order valence-corrected chi connectivity index (χ2v) is 13.6. The predicted molar refractivity (Wildman–Crippen MR) is 134 cm³/mol. The van der Waals surface area contributed by atoms with Crippen LogP contribution in [0.1, 0.15) is 99.8 Å². The van der Waals surface area contributed by atoms with Gasteiger partial charge in [0, 0.05) is 5.92 Å². The van der Waals surface area contributed by atoms with E-state index in [1.165, 1.54) is 11.1 Å². The maximum atomic E-state index is 11.2. The molecule has 2 heteroatoms. The SMILES string of the molecule is CC(C)(C)C1=CC(Cc2cc(C(C)(C)C)c(O)c(C(C)(C)C)c2)=CC(C(C)(C)C)C1O. The lowest BCUT2D eigenvalue weighted by Gasteiger charge is -2.40. The van der Waals surface area contributed by atoms with E-state index in [0.717, 1.165) is 23.1 Å². The molecular weight excluding hydrogens is 380 g/mol. The Morgan fingerprint density at radius 3 is 1.55 bits per heavy atom. The molecule has 0 heterocycles. The van der Waals surface area contributed by atoms with E-state index < -0.39 is 6.10 Å². The van der Waals surface area contributed by atoms with Gasteiger partial charge in [-0.2, -0.15) is 0 Å². The quantitative estimate of drug-likeness (QED) is 0.515. The van der Waals surface area contributed by atoms with Crippen LogP contribution < -0.4 is 0 Å². The molecule has 1 aromatic carbocycles. The summed E-state index contributed by atoms with van der Waals surface area (Å²) in [5, 5.41) is 22.2. The van der Waals surface area contributed by atoms with E-state index in [4.69, 9.17) is 0 Å². The Labute approximate surface area is 191 Å². The molecule has 1 aromatic rings. The van der Waals surface area contributed by atoms with Gasteiger partial charge in [0.1, 0.15) is 5.75 Å². The molecule has 2 rings (SSSR count). The first kappa shape index (κ1) is 25.7. The normalized spacial score (nSPS) is 21.1. The maximum Gasteiger partial charge on any atom is 0.123 e. The summed E-state index contributed by atoms with van der Waals surface area (Å²) in [7, 11) is 0. The van der Waals surface area contributed by atoms with Crippen LogP contribution in [0, 0.1) is 16.7 Å². The molecule has 2 N–H and O–H groups in total. The van der Waals surface area contributed by atoms with Gasteiger partial charge in [-0.1, -0.05) is 107 Å². The van der Waals surface area contributed by atoms with Crippen molar-refractivity contribution >= 4 is 0 Å². The number of phenols is 1. The second kappa shape index (κ2) is 8.10. The number of benzene rings is 1. The fourth-order valence-corrected chi connectivity index (χ4v) is 4.52. The summed E-state index contributed by atoms with van der Waals surface area (Å²) in [5.41, 5.74) is 5.17. The van der Waals surface area contributed by atoms with Crippen molar-refractivity contribution in [3.63, 3.8) is 0 Å². The molecule has 0 saturated carbocycles. The van der Waals surface area contributed by atoms with E-state index in [0.29, 0.717) is 5.75 Å². The molecule has 0 aromatic heterocycles. The average molecular weight is 427 g/mol. The molecule has 0 fully saturated rings. The topological polar surface area (TPSA) is 40.5 Å². The lowest BCUT2D eigenvalue weighted by molar-refractivity contribution is 0.0817. The molecule has 0 amide bonds. The predicted octanol–water partition coefficient (Wildman–Crippen LogP) is 7.47. The van der Waals surface area contributed by atoms with Gasteiger partial charge in [-0.15, -0.1) is 0 Å². The van der Waals surface area contributed by atoms with Gasteiger partial charge in [0.25, 0.3) is 0 Å². The maximum absolute atomic E-state index is 11.2. The Morgan fingerprint density at radius 1 is 0.742 bits per heavy atom. The van der Waals surface area contributed by atoms with Crippen molar-refractivity contribution in [3.05, 3.63) is 52.1 Å². The number of aliphatic hydroxyl groups excluding tert-OH is 1. The molecule has 174 valence electrons. The van der Waals surface area contributed by atoms with Crippen molar-refractivity contribution in [1.82, 2.24) is 0 Å². The van der Waals surface area contributed by atoms with E-state index in [-0.39, 0.29) is 27.6 Å². The molecule has 0 saturated heterocycles. The number of rotatable bonds is 2. The molecular formula is C29H46O2. The van der Waals surface area contributed by atoms with Crippen LogP contribution in [-0.2, 0) is 17.3 Å². The lowest BCUT2D eigenvalue weighted by Crippen LogP contribution is -2.38. The van der Waals surface area contributed by atoms with Gasteiger partial charge < -0.3 is 10.2 Å². The van der Waals surface area contributed by atoms with Gasteiger partial charge in [0.05, 0.1) is 6.10 Å². The second-order valence-electron chi connectivity index (χ2n) is 13.6. The Morgan fingerprint density at radius 2 is 1.19 bits per heavy atom. The van der Waals surface area contributed by atoms with Crippen LogP contribution >= 0.6 is 0 Å². The first-order chi connectivity index (χ1) is 13.7. The molecule has 2 atom stereocenters. The smallest absolute Gasteiger partial charge is 0.123 e. The zero-order valence-electron chi connectivity index (χ0n) is 22.1. The van der Waals surface area contributed by atoms with Crippen LogP contribution in [0.25, 0.3) is 0 Å². The molecule has 1 aliphatic rings. The Bertz CT molecular complexity index is 836. The fraction of sp³-hybridized carbons (Fsp3) is 0.655. The highest BCUT2D eigenvalue weighted by atomic mass is 16.3. The summed E-state index contributed by atoms with van der Waals surface area (Å²) in [5.74, 6) is 0.498. The van der Waals surface area contributed by atoms with Gasteiger partial charge in [-0.3, -0.25) is 0 Å². The summed E-state index contributed by atoms with van der Waals surface area (Å²) in [6.45, 7) is 26.1. The van der Waals surface area contributed by atoms with Crippen LogP contribution in [0.15, 0.2) is 35.4 Å². The van der Waals surface area contributed by atoms with Gasteiger partial charge >= 0.3 is 0 Å².